The quantitative estimate of drug-likeness (QED) is 0.889. The molecule has 0 aliphatic rings. The summed E-state index contributed by atoms with van der Waals surface area (Å²) in [6.07, 6.45) is -0.887. The summed E-state index contributed by atoms with van der Waals surface area (Å²) in [7, 11) is 6.27. The predicted molar refractivity (Wildman–Crippen MR) is 83.2 cm³/mol. The number of benzene rings is 2. The van der Waals surface area contributed by atoms with Crippen LogP contribution in [0, 0.1) is 0 Å². The van der Waals surface area contributed by atoms with Crippen molar-refractivity contribution in [3.63, 3.8) is 0 Å². The average Bonchev–Trinajstić information content (AvgIpc) is 2.59. The van der Waals surface area contributed by atoms with Gasteiger partial charge in [0.05, 0.1) is 28.4 Å². The van der Waals surface area contributed by atoms with Gasteiger partial charge in [-0.25, -0.2) is 0 Å². The lowest BCUT2D eigenvalue weighted by Crippen LogP contribution is -2.05. The minimum absolute atomic E-state index is 0.546. The van der Waals surface area contributed by atoms with Gasteiger partial charge in [0.15, 0.2) is 0 Å². The zero-order valence-corrected chi connectivity index (χ0v) is 13.1. The third-order valence-electron chi connectivity index (χ3n) is 3.47. The first-order chi connectivity index (χ1) is 10.6. The molecule has 2 aromatic rings. The van der Waals surface area contributed by atoms with Gasteiger partial charge in [-0.3, -0.25) is 0 Å². The molecule has 118 valence electrons. The lowest BCUT2D eigenvalue weighted by molar-refractivity contribution is 0.209. The van der Waals surface area contributed by atoms with Crippen LogP contribution in [0.1, 0.15) is 17.2 Å². The molecule has 5 nitrogen and oxygen atoms in total. The maximum atomic E-state index is 10.7. The van der Waals surface area contributed by atoms with Crippen LogP contribution in [0.15, 0.2) is 36.4 Å². The van der Waals surface area contributed by atoms with Crippen LogP contribution in [-0.4, -0.2) is 33.5 Å². The molecule has 0 heterocycles. The highest BCUT2D eigenvalue weighted by Crippen LogP contribution is 2.37. The van der Waals surface area contributed by atoms with Crippen molar-refractivity contribution in [3.8, 4) is 23.0 Å². The molecule has 1 N–H and O–H groups in total. The Morgan fingerprint density at radius 2 is 1.09 bits per heavy atom. The van der Waals surface area contributed by atoms with E-state index in [9.17, 15) is 5.11 Å². The molecular weight excluding hydrogens is 284 g/mol. The van der Waals surface area contributed by atoms with E-state index in [1.54, 1.807) is 64.8 Å². The van der Waals surface area contributed by atoms with Crippen molar-refractivity contribution in [1.29, 1.82) is 0 Å². The lowest BCUT2D eigenvalue weighted by atomic mass is 9.99. The summed E-state index contributed by atoms with van der Waals surface area (Å²) in [5.41, 5.74) is 1.26. The van der Waals surface area contributed by atoms with E-state index in [1.807, 2.05) is 0 Å². The number of ether oxygens (including phenoxy) is 4. The van der Waals surface area contributed by atoms with Crippen molar-refractivity contribution in [3.05, 3.63) is 47.5 Å². The lowest BCUT2D eigenvalue weighted by Gasteiger charge is -2.18. The fourth-order valence-electron chi connectivity index (χ4n) is 2.26. The molecule has 0 aromatic heterocycles. The van der Waals surface area contributed by atoms with Crippen LogP contribution < -0.4 is 18.9 Å². The van der Waals surface area contributed by atoms with Gasteiger partial charge in [-0.15, -0.1) is 0 Å². The molecule has 0 aliphatic heterocycles. The van der Waals surface area contributed by atoms with Crippen molar-refractivity contribution < 1.29 is 24.1 Å². The van der Waals surface area contributed by atoms with Gasteiger partial charge in [-0.05, 0) is 24.3 Å². The summed E-state index contributed by atoms with van der Waals surface area (Å²) < 4.78 is 21.0. The maximum Gasteiger partial charge on any atom is 0.128 e. The number of aliphatic hydroxyl groups excluding tert-OH is 1. The normalized spacial score (nSPS) is 10.5. The monoisotopic (exact) mass is 304 g/mol. The molecule has 5 heteroatoms. The number of rotatable bonds is 6. The fourth-order valence-corrected chi connectivity index (χ4v) is 2.26. The zero-order valence-electron chi connectivity index (χ0n) is 13.1. The number of hydrogen-bond acceptors (Lipinski definition) is 5. The second-order valence-corrected chi connectivity index (χ2v) is 4.62. The minimum atomic E-state index is -0.887. The van der Waals surface area contributed by atoms with E-state index in [0.717, 1.165) is 0 Å². The van der Waals surface area contributed by atoms with E-state index in [2.05, 4.69) is 0 Å². The van der Waals surface area contributed by atoms with Crippen LogP contribution in [-0.2, 0) is 0 Å². The molecule has 2 aromatic carbocycles. The van der Waals surface area contributed by atoms with E-state index in [-0.39, 0.29) is 0 Å². The first-order valence-corrected chi connectivity index (χ1v) is 6.76. The summed E-state index contributed by atoms with van der Waals surface area (Å²) in [5, 5.41) is 10.7. The van der Waals surface area contributed by atoms with Crippen LogP contribution in [0.4, 0.5) is 0 Å². The first kappa shape index (κ1) is 16.0. The summed E-state index contributed by atoms with van der Waals surface area (Å²) in [4.78, 5) is 0. The Morgan fingerprint density at radius 3 is 1.41 bits per heavy atom. The van der Waals surface area contributed by atoms with Crippen molar-refractivity contribution in [2.75, 3.05) is 28.4 Å². The molecule has 0 fully saturated rings. The highest BCUT2D eigenvalue weighted by atomic mass is 16.5. The average molecular weight is 304 g/mol. The van der Waals surface area contributed by atoms with E-state index in [0.29, 0.717) is 34.1 Å². The van der Waals surface area contributed by atoms with Crippen molar-refractivity contribution in [1.82, 2.24) is 0 Å². The minimum Gasteiger partial charge on any atom is -0.497 e. The molecule has 0 spiro atoms. The second-order valence-electron chi connectivity index (χ2n) is 4.62. The molecule has 0 atom stereocenters. The standard InChI is InChI=1S/C17H20O5/c1-19-11-5-7-13(15(9-11)21-3)17(18)14-8-6-12(20-2)10-16(14)22-4/h5-10,17-18H,1-4H3. The Labute approximate surface area is 130 Å². The van der Waals surface area contributed by atoms with Gasteiger partial charge in [0.2, 0.25) is 0 Å². The Morgan fingerprint density at radius 1 is 0.682 bits per heavy atom. The van der Waals surface area contributed by atoms with Gasteiger partial charge in [-0.2, -0.15) is 0 Å². The third kappa shape index (κ3) is 3.09. The maximum absolute atomic E-state index is 10.7. The Balaban J connectivity index is 2.45. The largest absolute Gasteiger partial charge is 0.497 e. The molecule has 0 aliphatic carbocycles. The van der Waals surface area contributed by atoms with Crippen LogP contribution in [0.2, 0.25) is 0 Å². The predicted octanol–water partition coefficient (Wildman–Crippen LogP) is 2.80. The third-order valence-corrected chi connectivity index (χ3v) is 3.47. The Bertz CT molecular complexity index is 583. The molecule has 22 heavy (non-hydrogen) atoms. The van der Waals surface area contributed by atoms with E-state index in [4.69, 9.17) is 18.9 Å². The smallest absolute Gasteiger partial charge is 0.128 e. The van der Waals surface area contributed by atoms with Gasteiger partial charge in [0, 0.05) is 23.3 Å². The topological polar surface area (TPSA) is 57.2 Å². The van der Waals surface area contributed by atoms with E-state index < -0.39 is 6.10 Å². The van der Waals surface area contributed by atoms with Crippen molar-refractivity contribution >= 4 is 0 Å². The first-order valence-electron chi connectivity index (χ1n) is 6.76. The van der Waals surface area contributed by atoms with Crippen LogP contribution >= 0.6 is 0 Å². The number of aliphatic hydroxyl groups is 1. The molecular formula is C17H20O5. The molecule has 2 rings (SSSR count). The van der Waals surface area contributed by atoms with Crippen LogP contribution in [0.5, 0.6) is 23.0 Å². The summed E-state index contributed by atoms with van der Waals surface area (Å²) >= 11 is 0. The van der Waals surface area contributed by atoms with Gasteiger partial charge in [0.1, 0.15) is 29.1 Å². The molecule has 0 amide bonds. The second kappa shape index (κ2) is 7.04. The summed E-state index contributed by atoms with van der Waals surface area (Å²) in [6.45, 7) is 0. The van der Waals surface area contributed by atoms with Crippen molar-refractivity contribution in [2.45, 2.75) is 6.10 Å². The van der Waals surface area contributed by atoms with Crippen LogP contribution in [0.25, 0.3) is 0 Å². The van der Waals surface area contributed by atoms with E-state index >= 15 is 0 Å². The molecule has 0 radical (unpaired) electrons. The fraction of sp³-hybridized carbons (Fsp3) is 0.294. The summed E-state index contributed by atoms with van der Waals surface area (Å²) in [6, 6.07) is 10.6. The summed E-state index contributed by atoms with van der Waals surface area (Å²) in [5.74, 6) is 2.42. The number of methoxy groups -OCH3 is 4. The van der Waals surface area contributed by atoms with Crippen LogP contribution in [0.3, 0.4) is 0 Å². The van der Waals surface area contributed by atoms with Crippen molar-refractivity contribution in [2.24, 2.45) is 0 Å². The van der Waals surface area contributed by atoms with Gasteiger partial charge < -0.3 is 24.1 Å². The molecule has 0 unspecified atom stereocenters. The Kier molecular flexibility index (Phi) is 5.12. The number of hydrogen-bond donors (Lipinski definition) is 1. The van der Waals surface area contributed by atoms with E-state index in [1.165, 1.54) is 0 Å². The SMILES string of the molecule is COc1ccc(C(O)c2ccc(OC)cc2OC)c(OC)c1. The van der Waals surface area contributed by atoms with Gasteiger partial charge in [-0.1, -0.05) is 0 Å². The zero-order chi connectivity index (χ0) is 16.1. The highest BCUT2D eigenvalue weighted by Gasteiger charge is 2.20. The molecule has 0 bridgehead atoms. The molecule has 0 saturated carbocycles. The Hall–Kier alpha value is -2.40. The van der Waals surface area contributed by atoms with Gasteiger partial charge in [0.25, 0.3) is 0 Å². The van der Waals surface area contributed by atoms with Gasteiger partial charge >= 0.3 is 0 Å². The molecule has 0 saturated heterocycles. The highest BCUT2D eigenvalue weighted by molar-refractivity contribution is 5.50.